The van der Waals surface area contributed by atoms with Crippen molar-refractivity contribution < 1.29 is 4.79 Å². The molecule has 0 radical (unpaired) electrons. The van der Waals surface area contributed by atoms with Crippen molar-refractivity contribution in [3.8, 4) is 12.3 Å². The molecule has 0 spiro atoms. The first-order chi connectivity index (χ1) is 9.11. The van der Waals surface area contributed by atoms with Crippen LogP contribution >= 0.6 is 11.6 Å². The Bertz CT molecular complexity index is 731. The van der Waals surface area contributed by atoms with Crippen LogP contribution in [0.2, 0.25) is 5.02 Å². The molecule has 0 fully saturated rings. The van der Waals surface area contributed by atoms with E-state index >= 15 is 0 Å². The lowest BCUT2D eigenvalue weighted by atomic mass is 10.2. The van der Waals surface area contributed by atoms with Gasteiger partial charge in [0.25, 0.3) is 5.56 Å². The molecule has 1 aromatic heterocycles. The van der Waals surface area contributed by atoms with E-state index < -0.39 is 0 Å². The van der Waals surface area contributed by atoms with E-state index in [2.05, 4.69) is 16.2 Å². The molecule has 0 aliphatic heterocycles. The maximum Gasteiger partial charge on any atom is 0.261 e. The van der Waals surface area contributed by atoms with E-state index in [1.807, 2.05) is 0 Å². The Kier molecular flexibility index (Phi) is 3.83. The van der Waals surface area contributed by atoms with Gasteiger partial charge in [-0.2, -0.15) is 0 Å². The van der Waals surface area contributed by atoms with Crippen LogP contribution in [-0.4, -0.2) is 22.0 Å². The third-order valence-electron chi connectivity index (χ3n) is 2.49. The number of terminal acetylenes is 1. The SMILES string of the molecule is C#CCNC(=O)Cn1cnc2ccc(Cl)cc2c1=O. The second-order valence-corrected chi connectivity index (χ2v) is 4.26. The average Bonchev–Trinajstić information content (AvgIpc) is 2.40. The number of halogens is 1. The predicted octanol–water partition coefficient (Wildman–Crippen LogP) is 0.799. The largest absolute Gasteiger partial charge is 0.344 e. The molecule has 0 aliphatic carbocycles. The van der Waals surface area contributed by atoms with Crippen molar-refractivity contribution in [3.05, 3.63) is 39.9 Å². The number of hydrogen-bond donors (Lipinski definition) is 1. The second kappa shape index (κ2) is 5.55. The fraction of sp³-hybridized carbons (Fsp3) is 0.154. The molecule has 0 aliphatic rings. The molecule has 0 saturated carbocycles. The topological polar surface area (TPSA) is 64.0 Å². The first kappa shape index (κ1) is 13.1. The fourth-order valence-electron chi connectivity index (χ4n) is 1.60. The van der Waals surface area contributed by atoms with Crippen molar-refractivity contribution in [1.82, 2.24) is 14.9 Å². The van der Waals surface area contributed by atoms with Crippen LogP contribution in [0.15, 0.2) is 29.3 Å². The lowest BCUT2D eigenvalue weighted by molar-refractivity contribution is -0.121. The summed E-state index contributed by atoms with van der Waals surface area (Å²) in [4.78, 5) is 27.7. The number of fused-ring (bicyclic) bond motifs is 1. The molecule has 6 heteroatoms. The van der Waals surface area contributed by atoms with Crippen LogP contribution in [0.1, 0.15) is 0 Å². The lowest BCUT2D eigenvalue weighted by Crippen LogP contribution is -2.32. The maximum absolute atomic E-state index is 12.1. The van der Waals surface area contributed by atoms with Gasteiger partial charge in [0, 0.05) is 5.02 Å². The first-order valence-electron chi connectivity index (χ1n) is 5.46. The molecule has 1 N–H and O–H groups in total. The standard InChI is InChI=1S/C13H10ClN3O2/c1-2-5-15-12(18)7-17-8-16-11-4-3-9(14)6-10(11)13(17)19/h1,3-4,6,8H,5,7H2,(H,15,18). The molecule has 1 amide bonds. The number of benzene rings is 1. The minimum Gasteiger partial charge on any atom is -0.344 e. The van der Waals surface area contributed by atoms with Gasteiger partial charge in [-0.05, 0) is 18.2 Å². The number of aromatic nitrogens is 2. The van der Waals surface area contributed by atoms with Gasteiger partial charge in [-0.3, -0.25) is 14.2 Å². The van der Waals surface area contributed by atoms with Crippen molar-refractivity contribution in [2.24, 2.45) is 0 Å². The van der Waals surface area contributed by atoms with Gasteiger partial charge in [0.05, 0.1) is 23.8 Å². The number of carbonyl (C=O) groups excluding carboxylic acids is 1. The monoisotopic (exact) mass is 275 g/mol. The molecular weight excluding hydrogens is 266 g/mol. The van der Waals surface area contributed by atoms with Crippen LogP contribution in [-0.2, 0) is 11.3 Å². The molecule has 0 unspecified atom stereocenters. The maximum atomic E-state index is 12.1. The van der Waals surface area contributed by atoms with E-state index in [0.29, 0.717) is 15.9 Å². The van der Waals surface area contributed by atoms with Crippen molar-refractivity contribution in [1.29, 1.82) is 0 Å². The van der Waals surface area contributed by atoms with Gasteiger partial charge in [0.15, 0.2) is 0 Å². The van der Waals surface area contributed by atoms with Crippen LogP contribution in [0.5, 0.6) is 0 Å². The Morgan fingerprint density at radius 1 is 1.53 bits per heavy atom. The number of hydrogen-bond acceptors (Lipinski definition) is 3. The van der Waals surface area contributed by atoms with Gasteiger partial charge in [-0.15, -0.1) is 6.42 Å². The Morgan fingerprint density at radius 2 is 2.32 bits per heavy atom. The van der Waals surface area contributed by atoms with E-state index in [-0.39, 0.29) is 24.6 Å². The number of nitrogens with one attached hydrogen (secondary N) is 1. The van der Waals surface area contributed by atoms with E-state index in [9.17, 15) is 9.59 Å². The first-order valence-corrected chi connectivity index (χ1v) is 5.84. The molecule has 1 heterocycles. The smallest absolute Gasteiger partial charge is 0.261 e. The summed E-state index contributed by atoms with van der Waals surface area (Å²) in [6.07, 6.45) is 6.36. The van der Waals surface area contributed by atoms with Gasteiger partial charge in [-0.1, -0.05) is 17.5 Å². The summed E-state index contributed by atoms with van der Waals surface area (Å²) in [5, 5.41) is 3.30. The van der Waals surface area contributed by atoms with Crippen molar-refractivity contribution in [2.45, 2.75) is 6.54 Å². The van der Waals surface area contributed by atoms with Gasteiger partial charge in [-0.25, -0.2) is 4.98 Å². The quantitative estimate of drug-likeness (QED) is 0.843. The highest BCUT2D eigenvalue weighted by Gasteiger charge is 2.07. The normalized spacial score (nSPS) is 10.1. The summed E-state index contributed by atoms with van der Waals surface area (Å²) in [6.45, 7) is -0.00358. The van der Waals surface area contributed by atoms with E-state index in [0.717, 1.165) is 0 Å². The van der Waals surface area contributed by atoms with Crippen LogP contribution in [0, 0.1) is 12.3 Å². The van der Waals surface area contributed by atoms with Crippen LogP contribution < -0.4 is 10.9 Å². The average molecular weight is 276 g/mol. The van der Waals surface area contributed by atoms with Crippen LogP contribution in [0.4, 0.5) is 0 Å². The Balaban J connectivity index is 2.35. The third-order valence-corrected chi connectivity index (χ3v) is 2.72. The van der Waals surface area contributed by atoms with Gasteiger partial charge >= 0.3 is 0 Å². The molecule has 19 heavy (non-hydrogen) atoms. The number of nitrogens with zero attached hydrogens (tertiary/aromatic N) is 2. The highest BCUT2D eigenvalue weighted by molar-refractivity contribution is 6.31. The Labute approximate surface area is 114 Å². The summed E-state index contributed by atoms with van der Waals surface area (Å²) in [6, 6.07) is 4.84. The molecule has 0 atom stereocenters. The molecule has 2 aromatic rings. The van der Waals surface area contributed by atoms with Gasteiger partial charge < -0.3 is 5.32 Å². The number of carbonyl (C=O) groups is 1. The highest BCUT2D eigenvalue weighted by Crippen LogP contribution is 2.13. The third kappa shape index (κ3) is 2.92. The zero-order chi connectivity index (χ0) is 13.8. The number of amides is 1. The highest BCUT2D eigenvalue weighted by atomic mass is 35.5. The van der Waals surface area contributed by atoms with Crippen LogP contribution in [0.25, 0.3) is 10.9 Å². The van der Waals surface area contributed by atoms with Gasteiger partial charge in [0.1, 0.15) is 6.54 Å². The minimum atomic E-state index is -0.344. The van der Waals surface area contributed by atoms with Crippen molar-refractivity contribution >= 4 is 28.4 Å². The molecule has 0 saturated heterocycles. The van der Waals surface area contributed by atoms with E-state index in [1.54, 1.807) is 12.1 Å². The van der Waals surface area contributed by atoms with Gasteiger partial charge in [0.2, 0.25) is 5.91 Å². The second-order valence-electron chi connectivity index (χ2n) is 3.82. The zero-order valence-corrected chi connectivity index (χ0v) is 10.6. The minimum absolute atomic E-state index is 0.125. The molecule has 1 aromatic carbocycles. The molecule has 0 bridgehead atoms. The predicted molar refractivity (Wildman–Crippen MR) is 72.9 cm³/mol. The van der Waals surface area contributed by atoms with Crippen LogP contribution in [0.3, 0.4) is 0 Å². The summed E-state index contributed by atoms with van der Waals surface area (Å²) < 4.78 is 1.21. The zero-order valence-electron chi connectivity index (χ0n) is 9.89. The van der Waals surface area contributed by atoms with E-state index in [1.165, 1.54) is 17.0 Å². The summed E-state index contributed by atoms with van der Waals surface area (Å²) in [5.41, 5.74) is 0.220. The van der Waals surface area contributed by atoms with E-state index in [4.69, 9.17) is 18.0 Å². The molecule has 96 valence electrons. The molecular formula is C13H10ClN3O2. The Morgan fingerprint density at radius 3 is 3.05 bits per heavy atom. The van der Waals surface area contributed by atoms with Crippen molar-refractivity contribution in [2.75, 3.05) is 6.54 Å². The number of rotatable bonds is 3. The lowest BCUT2D eigenvalue weighted by Gasteiger charge is -2.06. The Hall–Kier alpha value is -2.32. The summed E-state index contributed by atoms with van der Waals surface area (Å²) >= 11 is 5.84. The fourth-order valence-corrected chi connectivity index (χ4v) is 1.78. The molecule has 2 rings (SSSR count). The summed E-state index contributed by atoms with van der Waals surface area (Å²) in [7, 11) is 0. The van der Waals surface area contributed by atoms with Crippen molar-refractivity contribution in [3.63, 3.8) is 0 Å². The summed E-state index contributed by atoms with van der Waals surface area (Å²) in [5.74, 6) is 1.94. The molecule has 5 nitrogen and oxygen atoms in total.